The highest BCUT2D eigenvalue weighted by atomic mass is 16.7. The molecule has 32 heavy (non-hydrogen) atoms. The van der Waals surface area contributed by atoms with Crippen LogP contribution in [0.2, 0.25) is 0 Å². The molecule has 0 aliphatic heterocycles. The molecule has 10 nitrogen and oxygen atoms in total. The number of carboxylic acids is 1. The molecule has 0 aromatic heterocycles. The van der Waals surface area contributed by atoms with Gasteiger partial charge in [0.25, 0.3) is 5.91 Å². The van der Waals surface area contributed by atoms with Crippen LogP contribution in [0.4, 0.5) is 0 Å². The number of methoxy groups -OCH3 is 1. The molecule has 1 aromatic carbocycles. The van der Waals surface area contributed by atoms with Crippen molar-refractivity contribution in [1.29, 1.82) is 0 Å². The molecule has 0 saturated heterocycles. The van der Waals surface area contributed by atoms with Crippen LogP contribution in [0.1, 0.15) is 45.1 Å². The lowest BCUT2D eigenvalue weighted by atomic mass is 10.1. The number of aliphatic carboxylic acids is 1. The summed E-state index contributed by atoms with van der Waals surface area (Å²) in [5.74, 6) is -2.20. The van der Waals surface area contributed by atoms with E-state index in [0.717, 1.165) is 24.8 Å². The van der Waals surface area contributed by atoms with Gasteiger partial charge in [0, 0.05) is 13.0 Å². The van der Waals surface area contributed by atoms with E-state index in [9.17, 15) is 24.6 Å². The van der Waals surface area contributed by atoms with Crippen LogP contribution in [0.15, 0.2) is 30.4 Å². The van der Waals surface area contributed by atoms with Crippen LogP contribution in [-0.4, -0.2) is 52.4 Å². The Balaban J connectivity index is 2.49. The Morgan fingerprint density at radius 3 is 2.44 bits per heavy atom. The molecule has 0 aliphatic rings. The van der Waals surface area contributed by atoms with Crippen LogP contribution < -0.4 is 20.4 Å². The largest absolute Gasteiger partial charge is 0.493 e. The van der Waals surface area contributed by atoms with Crippen molar-refractivity contribution < 1.29 is 39.3 Å². The van der Waals surface area contributed by atoms with E-state index in [1.807, 2.05) is 5.48 Å². The minimum absolute atomic E-state index is 0.0598. The average Bonchev–Trinajstić information content (AvgIpc) is 2.77. The first-order valence-corrected chi connectivity index (χ1v) is 10.3. The molecule has 0 radical (unpaired) electrons. The molecule has 5 N–H and O–H groups in total. The summed E-state index contributed by atoms with van der Waals surface area (Å²) in [6.45, 7) is 4.51. The second-order valence-corrected chi connectivity index (χ2v) is 7.48. The number of carboxylic acid groups (broad SMARTS) is 1. The summed E-state index contributed by atoms with van der Waals surface area (Å²) >= 11 is 0. The molecular weight excluding hydrogens is 420 g/mol. The Hall–Kier alpha value is -3.11. The first-order valence-electron chi connectivity index (χ1n) is 10.3. The Kier molecular flexibility index (Phi) is 11.8. The van der Waals surface area contributed by atoms with Gasteiger partial charge in [-0.1, -0.05) is 32.1 Å². The quantitative estimate of drug-likeness (QED) is 0.161. The normalized spacial score (nSPS) is 12.9. The van der Waals surface area contributed by atoms with Gasteiger partial charge in [-0.15, -0.1) is 0 Å². The minimum atomic E-state index is -2.29. The van der Waals surface area contributed by atoms with Gasteiger partial charge in [-0.05, 0) is 42.9 Å². The predicted molar refractivity (Wildman–Crippen MR) is 116 cm³/mol. The number of allylic oxidation sites excluding steroid dienone is 2. The van der Waals surface area contributed by atoms with Gasteiger partial charge in [0.1, 0.15) is 0 Å². The lowest BCUT2D eigenvalue weighted by Gasteiger charge is -2.16. The molecule has 0 fully saturated rings. The van der Waals surface area contributed by atoms with Crippen molar-refractivity contribution in [3.8, 4) is 11.5 Å². The Morgan fingerprint density at radius 2 is 1.81 bits per heavy atom. The maximum Gasteiger partial charge on any atom is 0.335 e. The number of hydroxylamine groups is 1. The van der Waals surface area contributed by atoms with Crippen LogP contribution in [0.25, 0.3) is 0 Å². The van der Waals surface area contributed by atoms with E-state index in [0.29, 0.717) is 12.3 Å². The molecule has 2 amide bonds. The highest BCUT2D eigenvalue weighted by Gasteiger charge is 2.30. The van der Waals surface area contributed by atoms with Crippen molar-refractivity contribution in [3.05, 3.63) is 35.9 Å². The van der Waals surface area contributed by atoms with Gasteiger partial charge >= 0.3 is 5.97 Å². The first kappa shape index (κ1) is 26.9. The third kappa shape index (κ3) is 9.80. The van der Waals surface area contributed by atoms with E-state index in [1.54, 1.807) is 12.1 Å². The van der Waals surface area contributed by atoms with Gasteiger partial charge in [-0.25, -0.2) is 4.79 Å². The summed E-state index contributed by atoms with van der Waals surface area (Å²) in [6, 6.07) is 4.71. The van der Waals surface area contributed by atoms with E-state index >= 15 is 0 Å². The van der Waals surface area contributed by atoms with Crippen LogP contribution in [0, 0.1) is 5.92 Å². The van der Waals surface area contributed by atoms with Crippen molar-refractivity contribution in [3.63, 3.8) is 0 Å². The highest BCUT2D eigenvalue weighted by molar-refractivity contribution is 5.87. The number of ether oxygens (including phenoxy) is 1. The summed E-state index contributed by atoms with van der Waals surface area (Å²) < 4.78 is 5.19. The number of carbonyl (C=O) groups is 3. The lowest BCUT2D eigenvalue weighted by Crippen LogP contribution is -2.46. The first-order chi connectivity index (χ1) is 15.1. The molecule has 2 unspecified atom stereocenters. The predicted octanol–water partition coefficient (Wildman–Crippen LogP) is 1.30. The summed E-state index contributed by atoms with van der Waals surface area (Å²) in [6.07, 6.45) is 2.91. The number of amides is 2. The van der Waals surface area contributed by atoms with E-state index in [4.69, 9.17) is 14.7 Å². The van der Waals surface area contributed by atoms with Crippen LogP contribution in [0.5, 0.6) is 11.5 Å². The van der Waals surface area contributed by atoms with Gasteiger partial charge in [-0.3, -0.25) is 9.59 Å². The number of carbonyl (C=O) groups excluding carboxylic acids is 2. The van der Waals surface area contributed by atoms with Gasteiger partial charge in [0.2, 0.25) is 5.91 Å². The second kappa shape index (κ2) is 14.0. The summed E-state index contributed by atoms with van der Waals surface area (Å²) in [5, 5.41) is 30.1. The van der Waals surface area contributed by atoms with Crippen LogP contribution >= 0.6 is 0 Å². The third-order valence-corrected chi connectivity index (χ3v) is 4.35. The van der Waals surface area contributed by atoms with E-state index in [-0.39, 0.29) is 24.0 Å². The molecule has 1 aromatic rings. The molecule has 178 valence electrons. The maximum atomic E-state index is 12.0. The molecule has 1 rings (SSSR count). The summed E-state index contributed by atoms with van der Waals surface area (Å²) in [4.78, 5) is 39.3. The van der Waals surface area contributed by atoms with Crippen molar-refractivity contribution in [2.24, 2.45) is 5.92 Å². The van der Waals surface area contributed by atoms with Gasteiger partial charge < -0.3 is 30.2 Å². The summed E-state index contributed by atoms with van der Waals surface area (Å²) in [7, 11) is 1.38. The van der Waals surface area contributed by atoms with E-state index in [2.05, 4.69) is 31.3 Å². The monoisotopic (exact) mass is 452 g/mol. The Labute approximate surface area is 187 Å². The third-order valence-electron chi connectivity index (χ3n) is 4.35. The topological polar surface area (TPSA) is 154 Å². The number of hydrogen-bond acceptors (Lipinski definition) is 7. The zero-order valence-corrected chi connectivity index (χ0v) is 18.5. The lowest BCUT2D eigenvalue weighted by molar-refractivity contribution is -0.160. The molecule has 0 spiro atoms. The number of rotatable bonds is 14. The second-order valence-electron chi connectivity index (χ2n) is 7.48. The molecule has 0 saturated carbocycles. The zero-order valence-electron chi connectivity index (χ0n) is 18.5. The zero-order chi connectivity index (χ0) is 24.1. The van der Waals surface area contributed by atoms with Crippen molar-refractivity contribution in [1.82, 2.24) is 10.8 Å². The fourth-order valence-corrected chi connectivity index (χ4v) is 2.56. The Morgan fingerprint density at radius 1 is 1.09 bits per heavy atom. The average molecular weight is 453 g/mol. The van der Waals surface area contributed by atoms with Gasteiger partial charge in [-0.2, -0.15) is 5.48 Å². The van der Waals surface area contributed by atoms with Gasteiger partial charge in [0.15, 0.2) is 23.7 Å². The van der Waals surface area contributed by atoms with Crippen LogP contribution in [-0.2, 0) is 20.9 Å². The van der Waals surface area contributed by atoms with Crippen molar-refractivity contribution in [2.45, 2.75) is 58.3 Å². The summed E-state index contributed by atoms with van der Waals surface area (Å²) in [5.41, 5.74) is 2.59. The number of aliphatic hydroxyl groups excluding tert-OH is 2. The van der Waals surface area contributed by atoms with Crippen molar-refractivity contribution >= 4 is 17.8 Å². The standard InChI is InChI=1S/C22H32N2O8/c1-14(2)8-6-4-5-7-9-18(25)23-13-15-10-11-16(17(12-15)31-3)32-24-21(28)19(26)20(27)22(29)30/h6,8,10-12,14,19-20,26-27H,4-5,7,9,13H2,1-3H3,(H,23,25)(H,24,28)(H,29,30)/b8-6+. The molecule has 2 atom stereocenters. The molecule has 0 aliphatic carbocycles. The van der Waals surface area contributed by atoms with Crippen LogP contribution in [0.3, 0.4) is 0 Å². The smallest absolute Gasteiger partial charge is 0.335 e. The highest BCUT2D eigenvalue weighted by Crippen LogP contribution is 2.27. The number of aliphatic hydroxyl groups is 2. The SMILES string of the molecule is COc1cc(CNC(=O)CCCC/C=C/C(C)C)ccc1ONC(=O)C(O)C(O)C(=O)O. The molecule has 0 heterocycles. The fraction of sp³-hybridized carbons (Fsp3) is 0.500. The molecular formula is C22H32N2O8. The van der Waals surface area contributed by atoms with Gasteiger partial charge in [0.05, 0.1) is 7.11 Å². The number of unbranched alkanes of at least 4 members (excludes halogenated alkanes) is 2. The van der Waals surface area contributed by atoms with Crippen molar-refractivity contribution in [2.75, 3.05) is 7.11 Å². The number of benzene rings is 1. The maximum absolute atomic E-state index is 12.0. The minimum Gasteiger partial charge on any atom is -0.493 e. The van der Waals surface area contributed by atoms with E-state index in [1.165, 1.54) is 13.2 Å². The molecule has 10 heteroatoms. The fourth-order valence-electron chi connectivity index (χ4n) is 2.56. The Bertz CT molecular complexity index is 794. The number of nitrogens with one attached hydrogen (secondary N) is 2. The molecule has 0 bridgehead atoms. The number of hydrogen-bond donors (Lipinski definition) is 5. The van der Waals surface area contributed by atoms with E-state index < -0.39 is 24.1 Å².